The van der Waals surface area contributed by atoms with Crippen molar-refractivity contribution in [3.8, 4) is 5.69 Å². The van der Waals surface area contributed by atoms with Crippen molar-refractivity contribution in [2.45, 2.75) is 25.4 Å². The van der Waals surface area contributed by atoms with Gasteiger partial charge in [-0.25, -0.2) is 4.68 Å². The molecule has 4 nitrogen and oxygen atoms in total. The fraction of sp³-hybridized carbons (Fsp3) is 0.333. The van der Waals surface area contributed by atoms with Gasteiger partial charge in [0, 0.05) is 25.0 Å². The molecule has 1 fully saturated rings. The standard InChI is InChI=1S/C12H13BrN4/c13-9-6-16-17(8-9)12-3-4-14-11(5-12)7-15-10-1-2-10/h3-6,8,10,15H,1-2,7H2. The SMILES string of the molecule is Brc1cnn(-c2ccnc(CNC3CC3)c2)c1. The van der Waals surface area contributed by atoms with E-state index in [1.165, 1.54) is 12.8 Å². The molecule has 2 heterocycles. The monoisotopic (exact) mass is 292 g/mol. The van der Waals surface area contributed by atoms with Gasteiger partial charge >= 0.3 is 0 Å². The molecule has 0 spiro atoms. The summed E-state index contributed by atoms with van der Waals surface area (Å²) in [5.41, 5.74) is 2.10. The van der Waals surface area contributed by atoms with Crippen molar-refractivity contribution in [3.05, 3.63) is 40.9 Å². The number of hydrogen-bond donors (Lipinski definition) is 1. The molecular formula is C12H13BrN4. The second-order valence-electron chi connectivity index (χ2n) is 4.26. The number of aromatic nitrogens is 3. The Morgan fingerprint density at radius 1 is 1.47 bits per heavy atom. The molecule has 1 N–H and O–H groups in total. The van der Waals surface area contributed by atoms with E-state index in [0.29, 0.717) is 6.04 Å². The van der Waals surface area contributed by atoms with Crippen LogP contribution in [-0.4, -0.2) is 20.8 Å². The van der Waals surface area contributed by atoms with Gasteiger partial charge in [-0.1, -0.05) is 0 Å². The van der Waals surface area contributed by atoms with Gasteiger partial charge in [0.05, 0.1) is 22.1 Å². The quantitative estimate of drug-likeness (QED) is 0.940. The first-order valence-corrected chi connectivity index (χ1v) is 6.49. The van der Waals surface area contributed by atoms with E-state index in [9.17, 15) is 0 Å². The Labute approximate surface area is 108 Å². The molecule has 0 aromatic carbocycles. The van der Waals surface area contributed by atoms with Crippen LogP contribution in [0, 0.1) is 0 Å². The predicted octanol–water partition coefficient (Wildman–Crippen LogP) is 2.28. The zero-order chi connectivity index (χ0) is 11.7. The minimum absolute atomic E-state index is 0.708. The third kappa shape index (κ3) is 2.73. The molecule has 0 saturated heterocycles. The number of nitrogens with zero attached hydrogens (tertiary/aromatic N) is 3. The van der Waals surface area contributed by atoms with Gasteiger partial charge in [-0.15, -0.1) is 0 Å². The van der Waals surface area contributed by atoms with Gasteiger partial charge in [0.1, 0.15) is 0 Å². The topological polar surface area (TPSA) is 42.7 Å². The van der Waals surface area contributed by atoms with Crippen molar-refractivity contribution in [1.29, 1.82) is 0 Å². The fourth-order valence-corrected chi connectivity index (χ4v) is 1.97. The highest BCUT2D eigenvalue weighted by Crippen LogP contribution is 2.19. The lowest BCUT2D eigenvalue weighted by Gasteiger charge is -2.05. The highest BCUT2D eigenvalue weighted by Gasteiger charge is 2.20. The maximum Gasteiger partial charge on any atom is 0.0679 e. The van der Waals surface area contributed by atoms with Crippen LogP contribution in [0.3, 0.4) is 0 Å². The minimum atomic E-state index is 0.708. The molecule has 3 rings (SSSR count). The van der Waals surface area contributed by atoms with E-state index in [1.807, 2.05) is 23.1 Å². The van der Waals surface area contributed by atoms with Crippen LogP contribution in [-0.2, 0) is 6.54 Å². The molecule has 1 aliphatic rings. The molecule has 2 aromatic heterocycles. The van der Waals surface area contributed by atoms with Gasteiger partial charge in [-0.3, -0.25) is 4.98 Å². The Kier molecular flexibility index (Phi) is 2.94. The van der Waals surface area contributed by atoms with Crippen molar-refractivity contribution in [3.63, 3.8) is 0 Å². The lowest BCUT2D eigenvalue weighted by molar-refractivity contribution is 0.673. The number of rotatable bonds is 4. The minimum Gasteiger partial charge on any atom is -0.308 e. The van der Waals surface area contributed by atoms with Gasteiger partial charge in [0.2, 0.25) is 0 Å². The van der Waals surface area contributed by atoms with E-state index in [1.54, 1.807) is 6.20 Å². The Morgan fingerprint density at radius 3 is 3.06 bits per heavy atom. The van der Waals surface area contributed by atoms with Crippen LogP contribution < -0.4 is 5.32 Å². The summed E-state index contributed by atoms with van der Waals surface area (Å²) in [5, 5.41) is 7.71. The van der Waals surface area contributed by atoms with Crippen LogP contribution in [0.1, 0.15) is 18.5 Å². The normalized spacial score (nSPS) is 15.1. The number of hydrogen-bond acceptors (Lipinski definition) is 3. The molecule has 1 aliphatic carbocycles. The van der Waals surface area contributed by atoms with Crippen molar-refractivity contribution in [1.82, 2.24) is 20.1 Å². The molecule has 0 radical (unpaired) electrons. The van der Waals surface area contributed by atoms with E-state index in [4.69, 9.17) is 0 Å². The van der Waals surface area contributed by atoms with Crippen molar-refractivity contribution < 1.29 is 0 Å². The average molecular weight is 293 g/mol. The molecule has 17 heavy (non-hydrogen) atoms. The first-order chi connectivity index (χ1) is 8.31. The third-order valence-corrected chi connectivity index (χ3v) is 3.17. The maximum absolute atomic E-state index is 4.36. The summed E-state index contributed by atoms with van der Waals surface area (Å²) >= 11 is 3.39. The summed E-state index contributed by atoms with van der Waals surface area (Å²) in [6.45, 7) is 0.834. The Bertz CT molecular complexity index is 519. The fourth-order valence-electron chi connectivity index (χ4n) is 1.68. The summed E-state index contributed by atoms with van der Waals surface area (Å²) in [4.78, 5) is 4.36. The smallest absolute Gasteiger partial charge is 0.0679 e. The first kappa shape index (κ1) is 10.9. The lowest BCUT2D eigenvalue weighted by Crippen LogP contribution is -2.16. The van der Waals surface area contributed by atoms with Crippen LogP contribution >= 0.6 is 15.9 Å². The van der Waals surface area contributed by atoms with E-state index in [0.717, 1.165) is 22.4 Å². The lowest BCUT2D eigenvalue weighted by atomic mass is 10.3. The van der Waals surface area contributed by atoms with Crippen molar-refractivity contribution >= 4 is 15.9 Å². The number of pyridine rings is 1. The first-order valence-electron chi connectivity index (χ1n) is 5.70. The summed E-state index contributed by atoms with van der Waals surface area (Å²) in [7, 11) is 0. The molecule has 5 heteroatoms. The van der Waals surface area contributed by atoms with Crippen molar-refractivity contribution in [2.75, 3.05) is 0 Å². The summed E-state index contributed by atoms with van der Waals surface area (Å²) < 4.78 is 2.82. The van der Waals surface area contributed by atoms with Crippen molar-refractivity contribution in [2.24, 2.45) is 0 Å². The molecule has 0 atom stereocenters. The van der Waals surface area contributed by atoms with E-state index >= 15 is 0 Å². The van der Waals surface area contributed by atoms with E-state index in [2.05, 4.69) is 37.4 Å². The Morgan fingerprint density at radius 2 is 2.35 bits per heavy atom. The van der Waals surface area contributed by atoms with Gasteiger partial charge < -0.3 is 5.32 Å². The summed E-state index contributed by atoms with van der Waals surface area (Å²) in [6.07, 6.45) is 8.14. The Balaban J connectivity index is 1.77. The summed E-state index contributed by atoms with van der Waals surface area (Å²) in [6, 6.07) is 4.73. The van der Waals surface area contributed by atoms with Crippen LogP contribution in [0.5, 0.6) is 0 Å². The molecule has 1 saturated carbocycles. The highest BCUT2D eigenvalue weighted by molar-refractivity contribution is 9.10. The maximum atomic E-state index is 4.36. The van der Waals surface area contributed by atoms with Crippen LogP contribution in [0.2, 0.25) is 0 Å². The van der Waals surface area contributed by atoms with Gasteiger partial charge in [0.25, 0.3) is 0 Å². The molecule has 2 aromatic rings. The molecule has 0 aliphatic heterocycles. The molecule has 0 unspecified atom stereocenters. The average Bonchev–Trinajstić information content (AvgIpc) is 3.08. The number of nitrogens with one attached hydrogen (secondary N) is 1. The van der Waals surface area contributed by atoms with E-state index in [-0.39, 0.29) is 0 Å². The van der Waals surface area contributed by atoms with Gasteiger partial charge in [-0.2, -0.15) is 5.10 Å². The second-order valence-corrected chi connectivity index (χ2v) is 5.18. The molecule has 88 valence electrons. The molecule has 0 bridgehead atoms. The van der Waals surface area contributed by atoms with Gasteiger partial charge in [0.15, 0.2) is 0 Å². The zero-order valence-corrected chi connectivity index (χ0v) is 10.9. The summed E-state index contributed by atoms with van der Waals surface area (Å²) in [5.74, 6) is 0. The van der Waals surface area contributed by atoms with Crippen LogP contribution in [0.15, 0.2) is 35.2 Å². The molecule has 0 amide bonds. The van der Waals surface area contributed by atoms with Gasteiger partial charge in [-0.05, 0) is 40.9 Å². The molecular weight excluding hydrogens is 280 g/mol. The number of halogens is 1. The Hall–Kier alpha value is -1.20. The zero-order valence-electron chi connectivity index (χ0n) is 9.31. The van der Waals surface area contributed by atoms with Crippen LogP contribution in [0.25, 0.3) is 5.69 Å². The third-order valence-electron chi connectivity index (χ3n) is 2.76. The van der Waals surface area contributed by atoms with E-state index < -0.39 is 0 Å². The van der Waals surface area contributed by atoms with Crippen LogP contribution in [0.4, 0.5) is 0 Å². The predicted molar refractivity (Wildman–Crippen MR) is 68.9 cm³/mol. The highest BCUT2D eigenvalue weighted by atomic mass is 79.9. The largest absolute Gasteiger partial charge is 0.308 e. The second kappa shape index (κ2) is 4.58.